The molecule has 0 spiro atoms. The second-order valence-corrected chi connectivity index (χ2v) is 12.9. The fourth-order valence-corrected chi connectivity index (χ4v) is 7.20. The van der Waals surface area contributed by atoms with Gasteiger partial charge in [0.05, 0.1) is 53.6 Å². The number of hydrogen-bond acceptors (Lipinski definition) is 7. The highest BCUT2D eigenvalue weighted by Crippen LogP contribution is 2.52. The molecule has 3 aliphatic rings. The molecule has 1 unspecified atom stereocenters. The van der Waals surface area contributed by atoms with Crippen molar-refractivity contribution < 1.29 is 14.3 Å². The Hall–Kier alpha value is -3.43. The lowest BCUT2D eigenvalue weighted by molar-refractivity contribution is -0.0592. The first kappa shape index (κ1) is 29.3. The number of halogens is 1. The topological polar surface area (TPSA) is 63.1 Å². The quantitative estimate of drug-likeness (QED) is 0.210. The van der Waals surface area contributed by atoms with Gasteiger partial charge >= 0.3 is 5.97 Å². The Bertz CT molecular complexity index is 1690. The van der Waals surface area contributed by atoms with Crippen LogP contribution < -0.4 is 4.90 Å². The van der Waals surface area contributed by atoms with Crippen LogP contribution in [0.4, 0.5) is 11.4 Å². The Morgan fingerprint density at radius 2 is 1.89 bits per heavy atom. The summed E-state index contributed by atoms with van der Waals surface area (Å²) in [5.41, 5.74) is 7.25. The van der Waals surface area contributed by atoms with Gasteiger partial charge in [-0.1, -0.05) is 29.8 Å². The minimum Gasteiger partial charge on any atom is -0.465 e. The number of fused-ring (bicyclic) bond motifs is 1. The molecule has 2 aliphatic heterocycles. The van der Waals surface area contributed by atoms with Crippen molar-refractivity contribution in [1.82, 2.24) is 19.4 Å². The van der Waals surface area contributed by atoms with Crippen LogP contribution in [0.5, 0.6) is 0 Å². The number of nitrogens with zero attached hydrogens (tertiary/aromatic N) is 5. The van der Waals surface area contributed by atoms with Gasteiger partial charge in [-0.25, -0.2) is 9.78 Å². The molecule has 0 amide bonds. The molecule has 1 atom stereocenters. The summed E-state index contributed by atoms with van der Waals surface area (Å²) in [6.07, 6.45) is 3.61. The lowest BCUT2D eigenvalue weighted by atomic mass is 10.0. The Morgan fingerprint density at radius 1 is 1.09 bits per heavy atom. The van der Waals surface area contributed by atoms with Gasteiger partial charge in [-0.05, 0) is 79.8 Å². The minimum atomic E-state index is -0.331. The van der Waals surface area contributed by atoms with Crippen molar-refractivity contribution in [2.24, 2.45) is 0 Å². The summed E-state index contributed by atoms with van der Waals surface area (Å²) in [6.45, 7) is 8.39. The van der Waals surface area contributed by atoms with E-state index in [4.69, 9.17) is 26.1 Å². The second kappa shape index (κ2) is 11.8. The zero-order valence-corrected chi connectivity index (χ0v) is 26.5. The molecular formula is C35H40ClN5O3. The Balaban J connectivity index is 1.06. The third-order valence-electron chi connectivity index (χ3n) is 9.73. The van der Waals surface area contributed by atoms with E-state index >= 15 is 0 Å². The number of hydrogen-bond donors (Lipinski definition) is 0. The number of esters is 1. The predicted octanol–water partition coefficient (Wildman–Crippen LogP) is 6.15. The van der Waals surface area contributed by atoms with Crippen LogP contribution in [0.25, 0.3) is 11.0 Å². The molecule has 9 heteroatoms. The maximum absolute atomic E-state index is 12.2. The van der Waals surface area contributed by atoms with Crippen molar-refractivity contribution in [2.45, 2.75) is 50.9 Å². The van der Waals surface area contributed by atoms with Crippen LogP contribution in [0.2, 0.25) is 5.02 Å². The highest BCUT2D eigenvalue weighted by Gasteiger charge is 2.50. The Labute approximate surface area is 264 Å². The average molecular weight is 614 g/mol. The van der Waals surface area contributed by atoms with E-state index in [0.717, 1.165) is 91.1 Å². The largest absolute Gasteiger partial charge is 0.465 e. The van der Waals surface area contributed by atoms with Crippen molar-refractivity contribution in [1.29, 1.82) is 0 Å². The summed E-state index contributed by atoms with van der Waals surface area (Å²) in [5, 5.41) is 0.771. The van der Waals surface area contributed by atoms with Gasteiger partial charge in [0, 0.05) is 51.1 Å². The van der Waals surface area contributed by atoms with Gasteiger partial charge in [0.25, 0.3) is 0 Å². The first-order valence-electron chi connectivity index (χ1n) is 15.6. The highest BCUT2D eigenvalue weighted by molar-refractivity contribution is 6.33. The molecule has 1 aliphatic carbocycles. The monoisotopic (exact) mass is 613 g/mol. The molecule has 4 aromatic rings. The molecule has 0 radical (unpaired) electrons. The van der Waals surface area contributed by atoms with Crippen molar-refractivity contribution in [3.05, 3.63) is 88.2 Å². The molecule has 3 fully saturated rings. The summed E-state index contributed by atoms with van der Waals surface area (Å²) < 4.78 is 13.0. The van der Waals surface area contributed by atoms with Gasteiger partial charge < -0.3 is 18.9 Å². The molecule has 3 heterocycles. The number of rotatable bonds is 9. The van der Waals surface area contributed by atoms with Crippen molar-refractivity contribution in [2.75, 3.05) is 51.8 Å². The van der Waals surface area contributed by atoms with E-state index in [1.165, 1.54) is 25.5 Å². The molecule has 1 aromatic heterocycles. The first-order chi connectivity index (χ1) is 21.3. The fourth-order valence-electron chi connectivity index (χ4n) is 6.84. The Kier molecular flexibility index (Phi) is 7.87. The normalized spacial score (nSPS) is 20.0. The van der Waals surface area contributed by atoms with Gasteiger partial charge in [-0.15, -0.1) is 0 Å². The molecule has 2 saturated heterocycles. The lowest BCUT2D eigenvalue weighted by Crippen LogP contribution is -2.50. The van der Waals surface area contributed by atoms with E-state index in [9.17, 15) is 4.79 Å². The summed E-state index contributed by atoms with van der Waals surface area (Å²) in [7, 11) is 3.51. The van der Waals surface area contributed by atoms with Crippen LogP contribution in [0.1, 0.15) is 46.6 Å². The molecular weight excluding hydrogens is 574 g/mol. The van der Waals surface area contributed by atoms with Crippen molar-refractivity contribution >= 4 is 40.0 Å². The minimum absolute atomic E-state index is 0.110. The van der Waals surface area contributed by atoms with Crippen LogP contribution in [-0.2, 0) is 28.1 Å². The van der Waals surface area contributed by atoms with Gasteiger partial charge in [-0.2, -0.15) is 0 Å². The summed E-state index contributed by atoms with van der Waals surface area (Å²) in [5.74, 6) is 0.694. The zero-order valence-electron chi connectivity index (χ0n) is 25.8. The third-order valence-corrected chi connectivity index (χ3v) is 10.0. The number of piperazine rings is 1. The molecule has 8 nitrogen and oxygen atoms in total. The van der Waals surface area contributed by atoms with Crippen molar-refractivity contribution in [3.63, 3.8) is 0 Å². The number of methoxy groups -OCH3 is 1. The number of benzene rings is 3. The molecule has 1 saturated carbocycles. The number of anilines is 2. The molecule has 3 aromatic carbocycles. The predicted molar refractivity (Wildman–Crippen MR) is 174 cm³/mol. The molecule has 44 heavy (non-hydrogen) atoms. The van der Waals surface area contributed by atoms with E-state index in [2.05, 4.69) is 69.6 Å². The third kappa shape index (κ3) is 5.49. The van der Waals surface area contributed by atoms with Gasteiger partial charge in [0.2, 0.25) is 0 Å². The summed E-state index contributed by atoms with van der Waals surface area (Å²) >= 11 is 6.62. The number of aromatic nitrogens is 2. The molecule has 230 valence electrons. The molecule has 0 bridgehead atoms. The summed E-state index contributed by atoms with van der Waals surface area (Å²) in [6, 6.07) is 20.9. The van der Waals surface area contributed by atoms with Gasteiger partial charge in [0.1, 0.15) is 5.82 Å². The maximum atomic E-state index is 12.2. The smallest absolute Gasteiger partial charge is 0.337 e. The van der Waals surface area contributed by atoms with E-state index in [0.29, 0.717) is 5.56 Å². The molecule has 0 N–H and O–H groups in total. The number of carbonyl (C=O) groups is 1. The van der Waals surface area contributed by atoms with Gasteiger partial charge in [-0.3, -0.25) is 9.80 Å². The van der Waals surface area contributed by atoms with Crippen LogP contribution in [0.3, 0.4) is 0 Å². The standard InChI is InChI=1S/C35H40ClN5O3/c1-24-7-10-31(29(36)19-24)38(2)27-6-4-5-26(21-27)35(12-13-35)40-16-14-39(15-17-40)23-33-37-30-9-8-25(34(42)43-3)20-32(30)41(33)22-28-11-18-44-28/h4-10,19-21,28H,11-18,22-23H2,1-3H3. The number of carbonyl (C=O) groups excluding carboxylic acids is 1. The number of imidazole rings is 1. The first-order valence-corrected chi connectivity index (χ1v) is 16.0. The van der Waals surface area contributed by atoms with E-state index in [1.807, 2.05) is 18.2 Å². The zero-order chi connectivity index (χ0) is 30.4. The van der Waals surface area contributed by atoms with Gasteiger partial charge in [0.15, 0.2) is 0 Å². The maximum Gasteiger partial charge on any atom is 0.337 e. The van der Waals surface area contributed by atoms with Crippen molar-refractivity contribution in [3.8, 4) is 0 Å². The SMILES string of the molecule is COC(=O)c1ccc2nc(CN3CCN(C4(c5cccc(N(C)c6ccc(C)cc6Cl)c5)CC4)CC3)n(CC3CCO3)c2c1. The number of ether oxygens (including phenoxy) is 2. The Morgan fingerprint density at radius 3 is 2.57 bits per heavy atom. The average Bonchev–Trinajstić information content (AvgIpc) is 3.76. The number of aryl methyl sites for hydroxylation is 1. The summed E-state index contributed by atoms with van der Waals surface area (Å²) in [4.78, 5) is 24.7. The van der Waals surface area contributed by atoms with Crippen LogP contribution in [0.15, 0.2) is 60.7 Å². The van der Waals surface area contributed by atoms with Crippen LogP contribution >= 0.6 is 11.6 Å². The van der Waals surface area contributed by atoms with E-state index in [1.54, 1.807) is 6.07 Å². The molecule has 7 rings (SSSR count). The van der Waals surface area contributed by atoms with Crippen LogP contribution in [-0.4, -0.2) is 78.4 Å². The van der Waals surface area contributed by atoms with Crippen LogP contribution in [0, 0.1) is 6.92 Å². The van der Waals surface area contributed by atoms with E-state index < -0.39 is 0 Å². The lowest BCUT2D eigenvalue weighted by Gasteiger charge is -2.40. The highest BCUT2D eigenvalue weighted by atomic mass is 35.5. The fraction of sp³-hybridized carbons (Fsp3) is 0.429. The second-order valence-electron chi connectivity index (χ2n) is 12.5. The van der Waals surface area contributed by atoms with E-state index in [-0.39, 0.29) is 17.6 Å².